The van der Waals surface area contributed by atoms with Crippen molar-refractivity contribution in [3.8, 4) is 0 Å². The van der Waals surface area contributed by atoms with Crippen molar-refractivity contribution in [2.45, 2.75) is 47.0 Å². The molecule has 0 aliphatic heterocycles. The van der Waals surface area contributed by atoms with Gasteiger partial charge in [-0.1, -0.05) is 39.3 Å². The summed E-state index contributed by atoms with van der Waals surface area (Å²) in [4.78, 5) is 11.7. The first kappa shape index (κ1) is 10.6. The largest absolute Gasteiger partial charge is 0.299 e. The second kappa shape index (κ2) is 2.80. The maximum Gasteiger partial charge on any atom is 0.137 e. The van der Waals surface area contributed by atoms with Gasteiger partial charge in [-0.2, -0.15) is 0 Å². The van der Waals surface area contributed by atoms with Gasteiger partial charge in [-0.05, 0) is 35.0 Å². The molecule has 1 nitrogen and oxygen atoms in total. The van der Waals surface area contributed by atoms with E-state index in [0.717, 1.165) is 24.7 Å². The molecule has 0 spiro atoms. The van der Waals surface area contributed by atoms with Crippen molar-refractivity contribution in [1.29, 1.82) is 0 Å². The monoisotopic (exact) mass is 218 g/mol. The molecule has 0 aromatic heterocycles. The van der Waals surface area contributed by atoms with Gasteiger partial charge in [-0.25, -0.2) is 0 Å². The second-order valence-corrected chi connectivity index (χ2v) is 6.97. The zero-order valence-electron chi connectivity index (χ0n) is 10.8. The van der Waals surface area contributed by atoms with Gasteiger partial charge in [0.25, 0.3) is 0 Å². The fraction of sp³-hybridized carbons (Fsp3) is 0.800. The summed E-state index contributed by atoms with van der Waals surface area (Å²) in [5, 5.41) is 0. The minimum atomic E-state index is 0.320. The van der Waals surface area contributed by atoms with Crippen molar-refractivity contribution >= 4 is 5.78 Å². The summed E-state index contributed by atoms with van der Waals surface area (Å²) < 4.78 is 0. The van der Waals surface area contributed by atoms with Crippen LogP contribution in [0.2, 0.25) is 0 Å². The molecule has 2 saturated carbocycles. The fourth-order valence-electron chi connectivity index (χ4n) is 4.79. The number of Topliss-reactive ketones (excluding diaryl/α,β-unsaturated/α-hetero) is 1. The normalized spacial score (nSPS) is 49.1. The molecule has 0 N–H and O–H groups in total. The van der Waals surface area contributed by atoms with Crippen LogP contribution in [0, 0.1) is 28.6 Å². The van der Waals surface area contributed by atoms with E-state index >= 15 is 0 Å². The van der Waals surface area contributed by atoms with Gasteiger partial charge >= 0.3 is 0 Å². The van der Waals surface area contributed by atoms with Gasteiger partial charge in [0.15, 0.2) is 0 Å². The smallest absolute Gasteiger partial charge is 0.137 e. The number of carbonyl (C=O) groups is 1. The molecule has 0 aromatic carbocycles. The number of carbonyl (C=O) groups excluding carboxylic acids is 1. The molecule has 0 saturated heterocycles. The molecule has 0 aromatic rings. The molecular weight excluding hydrogens is 196 g/mol. The van der Waals surface area contributed by atoms with E-state index in [0.29, 0.717) is 22.5 Å². The van der Waals surface area contributed by atoms with E-state index in [2.05, 4.69) is 33.8 Å². The summed E-state index contributed by atoms with van der Waals surface area (Å²) in [7, 11) is 0. The lowest BCUT2D eigenvalue weighted by Crippen LogP contribution is -2.39. The summed E-state index contributed by atoms with van der Waals surface area (Å²) in [5.74, 6) is 2.68. The van der Waals surface area contributed by atoms with Gasteiger partial charge in [0.1, 0.15) is 5.78 Å². The summed E-state index contributed by atoms with van der Waals surface area (Å²) in [6, 6.07) is 0. The first-order chi connectivity index (χ1) is 7.38. The standard InChI is InChI=1S/C15H22O/c1-9-7-11(16)8-10-5-6-12-13(14(12,2)3)15(9,10)4/h5,9,12-13H,6-8H2,1-4H3/t9-,12-,13+,15+/m0/s1. The van der Waals surface area contributed by atoms with E-state index in [1.165, 1.54) is 12.0 Å². The number of rotatable bonds is 0. The summed E-state index contributed by atoms with van der Waals surface area (Å²) >= 11 is 0. The molecular formula is C15H22O. The van der Waals surface area contributed by atoms with E-state index in [1.54, 1.807) is 0 Å². The minimum Gasteiger partial charge on any atom is -0.299 e. The van der Waals surface area contributed by atoms with Gasteiger partial charge < -0.3 is 0 Å². The van der Waals surface area contributed by atoms with Crippen molar-refractivity contribution in [1.82, 2.24) is 0 Å². The molecule has 0 radical (unpaired) electrons. The number of hydrogen-bond acceptors (Lipinski definition) is 1. The predicted molar refractivity (Wildman–Crippen MR) is 65.0 cm³/mol. The molecule has 0 bridgehead atoms. The van der Waals surface area contributed by atoms with Crippen molar-refractivity contribution in [2.24, 2.45) is 28.6 Å². The third kappa shape index (κ3) is 1.05. The minimum absolute atomic E-state index is 0.320. The third-order valence-electron chi connectivity index (χ3n) is 5.95. The van der Waals surface area contributed by atoms with Crippen LogP contribution in [0.5, 0.6) is 0 Å². The Morgan fingerprint density at radius 3 is 2.69 bits per heavy atom. The molecule has 0 amide bonds. The third-order valence-corrected chi connectivity index (χ3v) is 5.95. The first-order valence-corrected chi connectivity index (χ1v) is 6.59. The molecule has 4 atom stereocenters. The topological polar surface area (TPSA) is 17.1 Å². The van der Waals surface area contributed by atoms with E-state index in [4.69, 9.17) is 0 Å². The Morgan fingerprint density at radius 1 is 1.31 bits per heavy atom. The Bertz CT molecular complexity index is 390. The first-order valence-electron chi connectivity index (χ1n) is 6.59. The molecule has 3 aliphatic rings. The summed E-state index contributed by atoms with van der Waals surface area (Å²) in [6.07, 6.45) is 5.14. The lowest BCUT2D eigenvalue weighted by molar-refractivity contribution is -0.122. The number of ketones is 1. The summed E-state index contributed by atoms with van der Waals surface area (Å²) in [6.45, 7) is 9.52. The number of fused-ring (bicyclic) bond motifs is 3. The summed E-state index contributed by atoms with van der Waals surface area (Å²) in [5.41, 5.74) is 2.28. The highest BCUT2D eigenvalue weighted by atomic mass is 16.1. The van der Waals surface area contributed by atoms with Gasteiger partial charge in [0.2, 0.25) is 0 Å². The van der Waals surface area contributed by atoms with E-state index < -0.39 is 0 Å². The highest BCUT2D eigenvalue weighted by Gasteiger charge is 2.68. The zero-order valence-corrected chi connectivity index (χ0v) is 10.8. The maximum absolute atomic E-state index is 11.7. The van der Waals surface area contributed by atoms with Gasteiger partial charge in [-0.3, -0.25) is 4.79 Å². The number of allylic oxidation sites excluding steroid dienone is 2. The van der Waals surface area contributed by atoms with Crippen LogP contribution in [0.3, 0.4) is 0 Å². The molecule has 1 heteroatoms. The molecule has 0 heterocycles. The van der Waals surface area contributed by atoms with E-state index in [1.807, 2.05) is 0 Å². The fourth-order valence-corrected chi connectivity index (χ4v) is 4.79. The van der Waals surface area contributed by atoms with Crippen LogP contribution >= 0.6 is 0 Å². The van der Waals surface area contributed by atoms with Gasteiger partial charge in [-0.15, -0.1) is 0 Å². The quantitative estimate of drug-likeness (QED) is 0.568. The Labute approximate surface area is 98.3 Å². The molecule has 3 rings (SSSR count). The Hall–Kier alpha value is -0.590. The van der Waals surface area contributed by atoms with Crippen molar-refractivity contribution in [2.75, 3.05) is 0 Å². The highest BCUT2D eigenvalue weighted by Crippen LogP contribution is 2.74. The predicted octanol–water partition coefficient (Wildman–Crippen LogP) is 3.59. The van der Waals surface area contributed by atoms with Gasteiger partial charge in [0, 0.05) is 12.8 Å². The average molecular weight is 218 g/mol. The SMILES string of the molecule is C[C@H]1CC(=O)CC2=CC[C@H]3[C@H](C3(C)C)[C@@]21C. The van der Waals surface area contributed by atoms with Crippen molar-refractivity contribution in [3.05, 3.63) is 11.6 Å². The second-order valence-electron chi connectivity index (χ2n) is 6.97. The Morgan fingerprint density at radius 2 is 2.00 bits per heavy atom. The van der Waals surface area contributed by atoms with Crippen LogP contribution in [0.15, 0.2) is 11.6 Å². The van der Waals surface area contributed by atoms with Crippen LogP contribution in [-0.2, 0) is 4.79 Å². The molecule has 2 fully saturated rings. The van der Waals surface area contributed by atoms with Crippen LogP contribution in [0.1, 0.15) is 47.0 Å². The molecule has 3 aliphatic carbocycles. The van der Waals surface area contributed by atoms with E-state index in [9.17, 15) is 4.79 Å². The molecule has 0 unspecified atom stereocenters. The lowest BCUT2D eigenvalue weighted by atomic mass is 9.59. The average Bonchev–Trinajstić information content (AvgIpc) is 2.73. The Balaban J connectivity index is 2.03. The van der Waals surface area contributed by atoms with Crippen LogP contribution in [0.25, 0.3) is 0 Å². The van der Waals surface area contributed by atoms with Crippen LogP contribution in [-0.4, -0.2) is 5.78 Å². The van der Waals surface area contributed by atoms with E-state index in [-0.39, 0.29) is 0 Å². The molecule has 16 heavy (non-hydrogen) atoms. The van der Waals surface area contributed by atoms with Crippen LogP contribution < -0.4 is 0 Å². The zero-order chi connectivity index (χ0) is 11.7. The van der Waals surface area contributed by atoms with Gasteiger partial charge in [0.05, 0.1) is 0 Å². The van der Waals surface area contributed by atoms with Crippen LogP contribution in [0.4, 0.5) is 0 Å². The maximum atomic E-state index is 11.7. The Kier molecular flexibility index (Phi) is 1.85. The van der Waals surface area contributed by atoms with Crippen molar-refractivity contribution in [3.63, 3.8) is 0 Å². The van der Waals surface area contributed by atoms with Crippen molar-refractivity contribution < 1.29 is 4.79 Å². The molecule has 88 valence electrons. The number of hydrogen-bond donors (Lipinski definition) is 0. The highest BCUT2D eigenvalue weighted by molar-refractivity contribution is 5.83. The lowest BCUT2D eigenvalue weighted by Gasteiger charge is -2.44.